The lowest BCUT2D eigenvalue weighted by Gasteiger charge is -2.32. The number of nitrogens with one attached hydrogen (secondary N) is 2. The standard InChI is InChI=1S/C20H19ClF6N2O3S/c1-33(32)10-17(30)28-9-12-5-6-15(8-16(12)21)29-11-18(31,20(25,26)27)13-3-2-4-14(7-13)19(22,23)24/h2-8,29,31H,9-11H2,1H3,(H,28,30)/t18-,33+/m0/s1. The van der Waals surface area contributed by atoms with E-state index >= 15 is 0 Å². The van der Waals surface area contributed by atoms with Gasteiger partial charge in [0, 0.05) is 34.3 Å². The highest BCUT2D eigenvalue weighted by atomic mass is 35.5. The second-order valence-corrected chi connectivity index (χ2v) is 8.93. The third-order valence-electron chi connectivity index (χ3n) is 4.55. The zero-order chi connectivity index (χ0) is 25.0. The fourth-order valence-corrected chi connectivity index (χ4v) is 3.50. The maximum absolute atomic E-state index is 13.7. The summed E-state index contributed by atoms with van der Waals surface area (Å²) in [4.78, 5) is 11.6. The van der Waals surface area contributed by atoms with Crippen molar-refractivity contribution in [3.05, 3.63) is 64.2 Å². The molecule has 2 atom stereocenters. The molecule has 0 fully saturated rings. The average Bonchev–Trinajstić information content (AvgIpc) is 2.69. The number of rotatable bonds is 8. The van der Waals surface area contributed by atoms with Gasteiger partial charge in [-0.1, -0.05) is 29.8 Å². The maximum Gasteiger partial charge on any atom is 0.423 e. The fourth-order valence-electron chi connectivity index (χ4n) is 2.78. The van der Waals surface area contributed by atoms with Gasteiger partial charge in [-0.15, -0.1) is 0 Å². The van der Waals surface area contributed by atoms with E-state index < -0.39 is 52.3 Å². The number of alkyl halides is 6. The first-order valence-corrected chi connectivity index (χ1v) is 11.3. The van der Waals surface area contributed by atoms with E-state index in [1.54, 1.807) is 0 Å². The monoisotopic (exact) mass is 516 g/mol. The van der Waals surface area contributed by atoms with Gasteiger partial charge in [-0.25, -0.2) is 0 Å². The van der Waals surface area contributed by atoms with Crippen molar-refractivity contribution in [3.63, 3.8) is 0 Å². The molecule has 1 amide bonds. The van der Waals surface area contributed by atoms with Crippen molar-refractivity contribution >= 4 is 34.0 Å². The van der Waals surface area contributed by atoms with Crippen LogP contribution in [-0.4, -0.2) is 40.0 Å². The summed E-state index contributed by atoms with van der Waals surface area (Å²) in [5.41, 5.74) is -5.45. The van der Waals surface area contributed by atoms with Gasteiger partial charge < -0.3 is 15.7 Å². The molecular formula is C20H19ClF6N2O3S. The summed E-state index contributed by atoms with van der Waals surface area (Å²) in [6.07, 6.45) is -8.83. The second kappa shape index (κ2) is 10.3. The molecule has 182 valence electrons. The van der Waals surface area contributed by atoms with Gasteiger partial charge >= 0.3 is 12.4 Å². The van der Waals surface area contributed by atoms with Gasteiger partial charge in [0.1, 0.15) is 5.75 Å². The van der Waals surface area contributed by atoms with Crippen LogP contribution in [0.3, 0.4) is 0 Å². The van der Waals surface area contributed by atoms with Crippen molar-refractivity contribution in [1.82, 2.24) is 5.32 Å². The Morgan fingerprint density at radius 3 is 2.24 bits per heavy atom. The van der Waals surface area contributed by atoms with Crippen molar-refractivity contribution in [2.75, 3.05) is 23.9 Å². The molecule has 0 saturated heterocycles. The topological polar surface area (TPSA) is 78.4 Å². The first-order valence-electron chi connectivity index (χ1n) is 9.19. The number of hydrogen-bond acceptors (Lipinski definition) is 4. The first-order chi connectivity index (χ1) is 15.1. The van der Waals surface area contributed by atoms with Crippen molar-refractivity contribution < 1.29 is 40.5 Å². The zero-order valence-corrected chi connectivity index (χ0v) is 18.6. The van der Waals surface area contributed by atoms with Crippen molar-refractivity contribution in [2.24, 2.45) is 0 Å². The van der Waals surface area contributed by atoms with E-state index in [9.17, 15) is 40.5 Å². The summed E-state index contributed by atoms with van der Waals surface area (Å²) < 4.78 is 90.8. The minimum atomic E-state index is -5.29. The SMILES string of the molecule is C[S@@](=O)CC(=O)NCc1ccc(NC[C@](O)(c2cccc(C(F)(F)F)c2)C(F)(F)F)cc1Cl. The molecule has 0 aliphatic heterocycles. The van der Waals surface area contributed by atoms with E-state index in [2.05, 4.69) is 10.6 Å². The predicted molar refractivity (Wildman–Crippen MR) is 112 cm³/mol. The Morgan fingerprint density at radius 1 is 1.06 bits per heavy atom. The van der Waals surface area contributed by atoms with Crippen molar-refractivity contribution in [2.45, 2.75) is 24.5 Å². The summed E-state index contributed by atoms with van der Waals surface area (Å²) in [6.45, 7) is -1.21. The molecule has 0 radical (unpaired) electrons. The minimum Gasteiger partial charge on any atom is -0.381 e. The minimum absolute atomic E-state index is 0.0220. The molecule has 0 saturated carbocycles. The summed E-state index contributed by atoms with van der Waals surface area (Å²) in [7, 11) is -1.34. The average molecular weight is 517 g/mol. The Morgan fingerprint density at radius 2 is 1.70 bits per heavy atom. The number of carbonyl (C=O) groups is 1. The Kier molecular flexibility index (Phi) is 8.41. The number of carbonyl (C=O) groups excluding carboxylic acids is 1. The number of aliphatic hydroxyl groups is 1. The van der Waals surface area contributed by atoms with Gasteiger partial charge in [-0.3, -0.25) is 9.00 Å². The highest BCUT2D eigenvalue weighted by molar-refractivity contribution is 7.85. The van der Waals surface area contributed by atoms with Gasteiger partial charge in [-0.05, 0) is 35.4 Å². The summed E-state index contributed by atoms with van der Waals surface area (Å²) >= 11 is 6.09. The van der Waals surface area contributed by atoms with E-state index in [-0.39, 0.29) is 29.1 Å². The molecule has 5 nitrogen and oxygen atoms in total. The molecule has 2 aromatic carbocycles. The van der Waals surface area contributed by atoms with E-state index in [0.717, 1.165) is 12.1 Å². The Balaban J connectivity index is 2.20. The normalized spacial score (nSPS) is 14.9. The van der Waals surface area contributed by atoms with Crippen LogP contribution in [0.25, 0.3) is 0 Å². The third kappa shape index (κ3) is 7.08. The molecule has 3 N–H and O–H groups in total. The highest BCUT2D eigenvalue weighted by Gasteiger charge is 2.55. The first kappa shape index (κ1) is 26.9. The van der Waals surface area contributed by atoms with Crippen LogP contribution in [0.4, 0.5) is 32.0 Å². The van der Waals surface area contributed by atoms with E-state index in [4.69, 9.17) is 11.6 Å². The van der Waals surface area contributed by atoms with Crippen LogP contribution in [-0.2, 0) is 33.9 Å². The molecule has 0 unspecified atom stereocenters. The van der Waals surface area contributed by atoms with Crippen molar-refractivity contribution in [1.29, 1.82) is 0 Å². The van der Waals surface area contributed by atoms with Crippen LogP contribution in [0.1, 0.15) is 16.7 Å². The summed E-state index contributed by atoms with van der Waals surface area (Å²) in [5, 5.41) is 15.3. The van der Waals surface area contributed by atoms with Gasteiger partial charge in [0.15, 0.2) is 0 Å². The number of hydrogen-bond donors (Lipinski definition) is 3. The van der Waals surface area contributed by atoms with Gasteiger partial charge in [0.2, 0.25) is 11.5 Å². The molecule has 0 heterocycles. The van der Waals surface area contributed by atoms with Gasteiger partial charge in [-0.2, -0.15) is 26.3 Å². The van der Waals surface area contributed by atoms with Crippen molar-refractivity contribution in [3.8, 4) is 0 Å². The molecule has 2 aromatic rings. The van der Waals surface area contributed by atoms with Crippen LogP contribution in [0.5, 0.6) is 0 Å². The smallest absolute Gasteiger partial charge is 0.381 e. The lowest BCUT2D eigenvalue weighted by Crippen LogP contribution is -2.48. The van der Waals surface area contributed by atoms with E-state index in [1.807, 2.05) is 0 Å². The Hall–Kier alpha value is -2.31. The number of benzene rings is 2. The lowest BCUT2D eigenvalue weighted by atomic mass is 9.91. The number of anilines is 1. The maximum atomic E-state index is 13.7. The Bertz CT molecular complexity index is 1030. The van der Waals surface area contributed by atoms with Gasteiger partial charge in [0.05, 0.1) is 12.1 Å². The lowest BCUT2D eigenvalue weighted by molar-refractivity contribution is -0.260. The van der Waals surface area contributed by atoms with Gasteiger partial charge in [0.25, 0.3) is 0 Å². The molecule has 0 aliphatic rings. The van der Waals surface area contributed by atoms with Crippen LogP contribution in [0.15, 0.2) is 42.5 Å². The second-order valence-electron chi connectivity index (χ2n) is 7.09. The molecule has 13 heteroatoms. The molecule has 0 bridgehead atoms. The number of amides is 1. The Labute approximate surface area is 192 Å². The molecule has 0 aromatic heterocycles. The van der Waals surface area contributed by atoms with Crippen LogP contribution < -0.4 is 10.6 Å². The predicted octanol–water partition coefficient (Wildman–Crippen LogP) is 4.22. The van der Waals surface area contributed by atoms with Crippen LogP contribution >= 0.6 is 11.6 Å². The molecule has 33 heavy (non-hydrogen) atoms. The van der Waals surface area contributed by atoms with E-state index in [0.29, 0.717) is 11.6 Å². The largest absolute Gasteiger partial charge is 0.423 e. The highest BCUT2D eigenvalue weighted by Crippen LogP contribution is 2.41. The molecule has 0 spiro atoms. The van der Waals surface area contributed by atoms with E-state index in [1.165, 1.54) is 24.5 Å². The summed E-state index contributed by atoms with van der Waals surface area (Å²) in [6, 6.07) is 6.36. The molecule has 2 rings (SSSR count). The van der Waals surface area contributed by atoms with Crippen LogP contribution in [0.2, 0.25) is 5.02 Å². The zero-order valence-electron chi connectivity index (χ0n) is 17.0. The fraction of sp³-hybridized carbons (Fsp3) is 0.350. The summed E-state index contributed by atoms with van der Waals surface area (Å²) in [5.74, 6) is -0.687. The third-order valence-corrected chi connectivity index (χ3v) is 5.57. The quantitative estimate of drug-likeness (QED) is 0.459. The van der Waals surface area contributed by atoms with Crippen LogP contribution in [0, 0.1) is 0 Å². The number of halogens is 7. The molecule has 0 aliphatic carbocycles. The molecular weight excluding hydrogens is 498 g/mol.